The van der Waals surface area contributed by atoms with Crippen LogP contribution in [0.3, 0.4) is 0 Å². The molecule has 0 heterocycles. The molecule has 0 aromatic heterocycles. The van der Waals surface area contributed by atoms with Gasteiger partial charge in [-0.25, -0.2) is 0 Å². The quantitative estimate of drug-likeness (QED) is 0.713. The SMILES string of the molecule is CCCCC1(O)CCC(C(OCC)=C2CCC2)CC1. The van der Waals surface area contributed by atoms with Crippen LogP contribution in [0.25, 0.3) is 0 Å². The Morgan fingerprint density at radius 1 is 1.26 bits per heavy atom. The van der Waals surface area contributed by atoms with E-state index in [0.29, 0.717) is 5.92 Å². The molecule has 2 rings (SSSR count). The van der Waals surface area contributed by atoms with Crippen molar-refractivity contribution in [3.8, 4) is 0 Å². The summed E-state index contributed by atoms with van der Waals surface area (Å²) in [5.41, 5.74) is 1.18. The van der Waals surface area contributed by atoms with Crippen molar-refractivity contribution in [1.82, 2.24) is 0 Å². The zero-order valence-corrected chi connectivity index (χ0v) is 12.7. The molecule has 19 heavy (non-hydrogen) atoms. The van der Waals surface area contributed by atoms with E-state index < -0.39 is 0 Å². The van der Waals surface area contributed by atoms with Crippen molar-refractivity contribution in [3.63, 3.8) is 0 Å². The van der Waals surface area contributed by atoms with Crippen molar-refractivity contribution in [1.29, 1.82) is 0 Å². The molecule has 0 amide bonds. The van der Waals surface area contributed by atoms with Gasteiger partial charge < -0.3 is 9.84 Å². The molecule has 1 N–H and O–H groups in total. The van der Waals surface area contributed by atoms with E-state index in [1.807, 2.05) is 0 Å². The highest BCUT2D eigenvalue weighted by atomic mass is 16.5. The normalized spacial score (nSPS) is 30.9. The Hall–Kier alpha value is -0.500. The van der Waals surface area contributed by atoms with Crippen LogP contribution in [0, 0.1) is 5.92 Å². The van der Waals surface area contributed by atoms with Gasteiger partial charge in [-0.3, -0.25) is 0 Å². The fraction of sp³-hybridized carbons (Fsp3) is 0.882. The molecule has 0 aromatic rings. The van der Waals surface area contributed by atoms with E-state index in [-0.39, 0.29) is 5.60 Å². The first-order chi connectivity index (χ1) is 9.18. The Morgan fingerprint density at radius 2 is 1.95 bits per heavy atom. The van der Waals surface area contributed by atoms with Crippen LogP contribution >= 0.6 is 0 Å². The lowest BCUT2D eigenvalue weighted by Gasteiger charge is -2.38. The Bertz CT molecular complexity index is 305. The van der Waals surface area contributed by atoms with Gasteiger partial charge in [-0.1, -0.05) is 19.8 Å². The Labute approximate surface area is 118 Å². The van der Waals surface area contributed by atoms with Gasteiger partial charge in [0.05, 0.1) is 18.0 Å². The summed E-state index contributed by atoms with van der Waals surface area (Å²) in [6.45, 7) is 5.07. The van der Waals surface area contributed by atoms with Crippen LogP contribution < -0.4 is 0 Å². The standard InChI is InChI=1S/C17H30O2/c1-3-5-11-17(18)12-9-15(10-13-17)16(19-4-2)14-7-6-8-14/h15,18H,3-13H2,1-2H3. The topological polar surface area (TPSA) is 29.5 Å². The van der Waals surface area contributed by atoms with E-state index in [9.17, 15) is 5.11 Å². The van der Waals surface area contributed by atoms with Crippen LogP contribution in [0.5, 0.6) is 0 Å². The predicted octanol–water partition coefficient (Wildman–Crippen LogP) is 4.57. The van der Waals surface area contributed by atoms with Gasteiger partial charge in [-0.2, -0.15) is 0 Å². The summed E-state index contributed by atoms with van der Waals surface area (Å²) in [5.74, 6) is 1.88. The maximum atomic E-state index is 10.6. The molecule has 0 spiro atoms. The van der Waals surface area contributed by atoms with Gasteiger partial charge in [0.2, 0.25) is 0 Å². The molecular formula is C17H30O2. The van der Waals surface area contributed by atoms with Crippen molar-refractivity contribution >= 4 is 0 Å². The second kappa shape index (κ2) is 6.78. The molecule has 0 radical (unpaired) electrons. The number of hydrogen-bond acceptors (Lipinski definition) is 2. The molecule has 0 aromatic carbocycles. The second-order valence-electron chi connectivity index (χ2n) is 6.36. The smallest absolute Gasteiger partial charge is 0.0982 e. The van der Waals surface area contributed by atoms with Crippen LogP contribution in [0.2, 0.25) is 0 Å². The van der Waals surface area contributed by atoms with Crippen molar-refractivity contribution < 1.29 is 9.84 Å². The first-order valence-electron chi connectivity index (χ1n) is 8.25. The molecule has 110 valence electrons. The maximum absolute atomic E-state index is 10.6. The minimum Gasteiger partial charge on any atom is -0.498 e. The predicted molar refractivity (Wildman–Crippen MR) is 78.9 cm³/mol. The molecule has 2 saturated carbocycles. The Morgan fingerprint density at radius 3 is 2.42 bits per heavy atom. The van der Waals surface area contributed by atoms with Crippen molar-refractivity contribution in [2.24, 2.45) is 5.92 Å². The van der Waals surface area contributed by atoms with Gasteiger partial charge in [0, 0.05) is 5.92 Å². The van der Waals surface area contributed by atoms with Crippen LogP contribution in [0.4, 0.5) is 0 Å². The number of aliphatic hydroxyl groups is 1. The van der Waals surface area contributed by atoms with Gasteiger partial charge in [0.25, 0.3) is 0 Å². The number of rotatable bonds is 6. The minimum atomic E-state index is -0.381. The second-order valence-corrected chi connectivity index (χ2v) is 6.36. The highest BCUT2D eigenvalue weighted by Crippen LogP contribution is 2.42. The number of hydrogen-bond donors (Lipinski definition) is 1. The lowest BCUT2D eigenvalue weighted by Crippen LogP contribution is -2.35. The lowest BCUT2D eigenvalue weighted by molar-refractivity contribution is -0.0208. The van der Waals surface area contributed by atoms with E-state index in [2.05, 4.69) is 13.8 Å². The minimum absolute atomic E-state index is 0.381. The van der Waals surface area contributed by atoms with Crippen molar-refractivity contribution in [2.75, 3.05) is 6.61 Å². The number of allylic oxidation sites excluding steroid dienone is 2. The van der Waals surface area contributed by atoms with Gasteiger partial charge in [-0.15, -0.1) is 0 Å². The van der Waals surface area contributed by atoms with Crippen LogP contribution in [-0.2, 0) is 4.74 Å². The average Bonchev–Trinajstić information content (AvgIpc) is 2.35. The van der Waals surface area contributed by atoms with Gasteiger partial charge in [0.1, 0.15) is 0 Å². The summed E-state index contributed by atoms with van der Waals surface area (Å²) in [6.07, 6.45) is 11.3. The van der Waals surface area contributed by atoms with E-state index >= 15 is 0 Å². The highest BCUT2D eigenvalue weighted by molar-refractivity contribution is 5.18. The summed E-state index contributed by atoms with van der Waals surface area (Å²) in [4.78, 5) is 0. The summed E-state index contributed by atoms with van der Waals surface area (Å²) in [5, 5.41) is 10.6. The third-order valence-electron chi connectivity index (χ3n) is 4.89. The number of ether oxygens (including phenoxy) is 1. The first-order valence-corrected chi connectivity index (χ1v) is 8.25. The monoisotopic (exact) mass is 266 g/mol. The molecule has 0 saturated heterocycles. The molecule has 2 heteroatoms. The summed E-state index contributed by atoms with van der Waals surface area (Å²) in [7, 11) is 0. The van der Waals surface area contributed by atoms with Crippen LogP contribution in [0.15, 0.2) is 11.3 Å². The first kappa shape index (κ1) is 14.9. The van der Waals surface area contributed by atoms with E-state index in [1.165, 1.54) is 31.4 Å². The average molecular weight is 266 g/mol. The zero-order valence-electron chi connectivity index (χ0n) is 12.7. The number of unbranched alkanes of at least 4 members (excludes halogenated alkanes) is 1. The van der Waals surface area contributed by atoms with E-state index in [0.717, 1.165) is 45.1 Å². The largest absolute Gasteiger partial charge is 0.498 e. The third kappa shape index (κ3) is 3.75. The maximum Gasteiger partial charge on any atom is 0.0982 e. The fourth-order valence-corrected chi connectivity index (χ4v) is 3.44. The molecule has 0 aliphatic heterocycles. The fourth-order valence-electron chi connectivity index (χ4n) is 3.44. The van der Waals surface area contributed by atoms with Crippen LogP contribution in [-0.4, -0.2) is 17.3 Å². The van der Waals surface area contributed by atoms with Crippen molar-refractivity contribution in [3.05, 3.63) is 11.3 Å². The molecule has 2 aliphatic carbocycles. The molecule has 2 nitrogen and oxygen atoms in total. The molecule has 0 bridgehead atoms. The Kier molecular flexibility index (Phi) is 5.32. The van der Waals surface area contributed by atoms with Crippen molar-refractivity contribution in [2.45, 2.75) is 83.7 Å². The molecule has 0 unspecified atom stereocenters. The Balaban J connectivity index is 1.91. The third-order valence-corrected chi connectivity index (χ3v) is 4.89. The lowest BCUT2D eigenvalue weighted by atomic mass is 9.74. The highest BCUT2D eigenvalue weighted by Gasteiger charge is 2.35. The molecule has 0 atom stereocenters. The summed E-state index contributed by atoms with van der Waals surface area (Å²) in [6, 6.07) is 0. The van der Waals surface area contributed by atoms with Gasteiger partial charge in [-0.05, 0) is 63.9 Å². The molecular weight excluding hydrogens is 236 g/mol. The van der Waals surface area contributed by atoms with Crippen LogP contribution in [0.1, 0.15) is 78.1 Å². The molecule has 2 fully saturated rings. The van der Waals surface area contributed by atoms with Gasteiger partial charge in [0.15, 0.2) is 0 Å². The van der Waals surface area contributed by atoms with E-state index in [4.69, 9.17) is 4.74 Å². The van der Waals surface area contributed by atoms with E-state index in [1.54, 1.807) is 5.57 Å². The summed E-state index contributed by atoms with van der Waals surface area (Å²) < 4.78 is 5.93. The zero-order chi connectivity index (χ0) is 13.7. The van der Waals surface area contributed by atoms with Gasteiger partial charge >= 0.3 is 0 Å². The molecule has 2 aliphatic rings. The summed E-state index contributed by atoms with van der Waals surface area (Å²) >= 11 is 0.